The smallest absolute Gasteiger partial charge is 0.421 e. The first-order chi connectivity index (χ1) is 13.0. The highest BCUT2D eigenvalue weighted by atomic mass is 19.4. The summed E-state index contributed by atoms with van der Waals surface area (Å²) in [6.07, 6.45) is 0.144. The summed E-state index contributed by atoms with van der Waals surface area (Å²) in [4.78, 5) is 18.8. The van der Waals surface area contributed by atoms with Crippen LogP contribution in [0, 0.1) is 17.3 Å². The van der Waals surface area contributed by atoms with Crippen molar-refractivity contribution in [2.45, 2.75) is 52.6 Å². The van der Waals surface area contributed by atoms with Gasteiger partial charge in [0.05, 0.1) is 5.41 Å². The van der Waals surface area contributed by atoms with Gasteiger partial charge in [0.2, 0.25) is 5.88 Å². The Kier molecular flexibility index (Phi) is 7.48. The van der Waals surface area contributed by atoms with E-state index < -0.39 is 23.0 Å². The molecule has 28 heavy (non-hydrogen) atoms. The number of ketones is 1. The average Bonchev–Trinajstić information content (AvgIpc) is 2.64. The van der Waals surface area contributed by atoms with E-state index in [1.54, 1.807) is 13.8 Å². The highest BCUT2D eigenvalue weighted by Crippen LogP contribution is 2.36. The maximum Gasteiger partial charge on any atom is 0.421 e. The van der Waals surface area contributed by atoms with Crippen LogP contribution in [0.1, 0.15) is 52.0 Å². The van der Waals surface area contributed by atoms with E-state index in [0.29, 0.717) is 18.3 Å². The van der Waals surface area contributed by atoms with Crippen molar-refractivity contribution in [1.82, 2.24) is 9.88 Å². The molecule has 1 fully saturated rings. The fraction of sp³-hybridized carbons (Fsp3) is 0.714. The van der Waals surface area contributed by atoms with Crippen molar-refractivity contribution >= 4 is 5.78 Å². The third-order valence-electron chi connectivity index (χ3n) is 5.76. The number of ether oxygens (including phenoxy) is 1. The number of rotatable bonds is 8. The maximum absolute atomic E-state index is 13.1. The monoisotopic (exact) mass is 400 g/mol. The Morgan fingerprint density at radius 1 is 1.32 bits per heavy atom. The third-order valence-corrected chi connectivity index (χ3v) is 5.76. The Bertz CT molecular complexity index is 661. The Labute approximate surface area is 165 Å². The average molecular weight is 400 g/mol. The Morgan fingerprint density at radius 3 is 2.68 bits per heavy atom. The van der Waals surface area contributed by atoms with Gasteiger partial charge >= 0.3 is 6.18 Å². The van der Waals surface area contributed by atoms with E-state index in [-0.39, 0.29) is 12.4 Å². The van der Waals surface area contributed by atoms with Crippen LogP contribution in [0.25, 0.3) is 0 Å². The minimum Gasteiger partial charge on any atom is -0.476 e. The first-order valence-corrected chi connectivity index (χ1v) is 9.91. The lowest BCUT2D eigenvalue weighted by Crippen LogP contribution is -2.38. The fourth-order valence-electron chi connectivity index (χ4n) is 3.81. The number of hydrogen-bond acceptors (Lipinski definition) is 4. The molecule has 2 heterocycles. The van der Waals surface area contributed by atoms with E-state index >= 15 is 0 Å². The van der Waals surface area contributed by atoms with E-state index in [9.17, 15) is 18.0 Å². The summed E-state index contributed by atoms with van der Waals surface area (Å²) in [6, 6.07) is 2.15. The molecule has 2 atom stereocenters. The van der Waals surface area contributed by atoms with Gasteiger partial charge in [0.25, 0.3) is 0 Å². The van der Waals surface area contributed by atoms with Crippen molar-refractivity contribution in [3.05, 3.63) is 23.9 Å². The van der Waals surface area contributed by atoms with Gasteiger partial charge in [-0.1, -0.05) is 13.3 Å². The minimum atomic E-state index is -4.54. The van der Waals surface area contributed by atoms with Crippen LogP contribution < -0.4 is 4.74 Å². The molecule has 0 bridgehead atoms. The fourth-order valence-corrected chi connectivity index (χ4v) is 3.81. The number of piperidine rings is 1. The van der Waals surface area contributed by atoms with Crippen LogP contribution >= 0.6 is 0 Å². The molecule has 1 aromatic heterocycles. The number of halogens is 3. The first-order valence-electron chi connectivity index (χ1n) is 9.91. The van der Waals surface area contributed by atoms with Gasteiger partial charge in [0, 0.05) is 19.2 Å². The first kappa shape index (κ1) is 22.7. The molecule has 0 aliphatic carbocycles. The summed E-state index contributed by atoms with van der Waals surface area (Å²) < 4.78 is 44.5. The molecule has 0 N–H and O–H groups in total. The molecular formula is C21H31F3N2O2. The van der Waals surface area contributed by atoms with Crippen LogP contribution in [0.4, 0.5) is 13.2 Å². The molecule has 1 aliphatic heterocycles. The van der Waals surface area contributed by atoms with E-state index in [2.05, 4.69) is 23.9 Å². The molecule has 1 saturated heterocycles. The van der Waals surface area contributed by atoms with Crippen molar-refractivity contribution in [1.29, 1.82) is 0 Å². The van der Waals surface area contributed by atoms with Crippen molar-refractivity contribution in [3.63, 3.8) is 0 Å². The molecule has 0 amide bonds. The number of aromatic nitrogens is 1. The Morgan fingerprint density at radius 2 is 2.04 bits per heavy atom. The van der Waals surface area contributed by atoms with Gasteiger partial charge in [0.1, 0.15) is 18.0 Å². The highest BCUT2D eigenvalue weighted by Gasteiger charge is 2.36. The van der Waals surface area contributed by atoms with E-state index in [1.165, 1.54) is 12.3 Å². The number of pyridine rings is 1. The van der Waals surface area contributed by atoms with E-state index in [1.807, 2.05) is 0 Å². The molecule has 0 unspecified atom stereocenters. The molecule has 0 radical (unpaired) electrons. The lowest BCUT2D eigenvalue weighted by molar-refractivity contribution is -0.139. The highest BCUT2D eigenvalue weighted by molar-refractivity contribution is 5.84. The molecule has 158 valence electrons. The van der Waals surface area contributed by atoms with Crippen molar-refractivity contribution in [3.8, 4) is 5.88 Å². The predicted molar refractivity (Wildman–Crippen MR) is 102 cm³/mol. The van der Waals surface area contributed by atoms with Gasteiger partial charge in [-0.05, 0) is 64.3 Å². The second-order valence-corrected chi connectivity index (χ2v) is 8.47. The van der Waals surface area contributed by atoms with Crippen LogP contribution in [0.5, 0.6) is 5.88 Å². The number of Topliss-reactive ketones (excluding diaryl/α,β-unsaturated/α-hetero) is 1. The summed E-state index contributed by atoms with van der Waals surface area (Å²) in [5.41, 5.74) is -1.79. The molecule has 0 spiro atoms. The van der Waals surface area contributed by atoms with Gasteiger partial charge in [-0.2, -0.15) is 13.2 Å². The number of carbonyl (C=O) groups is 1. The Balaban J connectivity index is 1.93. The lowest BCUT2D eigenvalue weighted by Gasteiger charge is -2.36. The van der Waals surface area contributed by atoms with Gasteiger partial charge in [0.15, 0.2) is 0 Å². The standard InChI is InChI=1S/C21H31F3N2O2/c1-5-15-13-26(4)12-10-16(15)8-9-18(27)20(2,3)14-28-19-17(21(22,23)24)7-6-11-25-19/h6-7,11,15-16H,5,8-10,12-14H2,1-4H3/t15-,16+/m1/s1. The van der Waals surface area contributed by atoms with Crippen LogP contribution in [-0.2, 0) is 11.0 Å². The zero-order valence-corrected chi connectivity index (χ0v) is 17.2. The zero-order chi connectivity index (χ0) is 20.9. The van der Waals surface area contributed by atoms with Crippen LogP contribution in [0.2, 0.25) is 0 Å². The summed E-state index contributed by atoms with van der Waals surface area (Å²) in [5.74, 6) is 0.659. The molecular weight excluding hydrogens is 369 g/mol. The number of hydrogen-bond donors (Lipinski definition) is 0. The minimum absolute atomic E-state index is 0.0192. The lowest BCUT2D eigenvalue weighted by atomic mass is 9.78. The van der Waals surface area contributed by atoms with Crippen molar-refractivity contribution < 1.29 is 22.7 Å². The van der Waals surface area contributed by atoms with Gasteiger partial charge in [-0.3, -0.25) is 4.79 Å². The van der Waals surface area contributed by atoms with Crippen LogP contribution in [-0.4, -0.2) is 42.4 Å². The molecule has 0 aromatic carbocycles. The third kappa shape index (κ3) is 5.93. The maximum atomic E-state index is 13.1. The second-order valence-electron chi connectivity index (χ2n) is 8.47. The van der Waals surface area contributed by atoms with Crippen molar-refractivity contribution in [2.75, 3.05) is 26.7 Å². The molecule has 2 rings (SSSR count). The van der Waals surface area contributed by atoms with Gasteiger partial charge in [-0.15, -0.1) is 0 Å². The summed E-state index contributed by atoms with van der Waals surface area (Å²) in [6.45, 7) is 7.59. The Hall–Kier alpha value is -1.63. The number of carbonyl (C=O) groups excluding carboxylic acids is 1. The largest absolute Gasteiger partial charge is 0.476 e. The molecule has 0 saturated carbocycles. The molecule has 7 heteroatoms. The summed E-state index contributed by atoms with van der Waals surface area (Å²) in [5, 5.41) is 0. The number of alkyl halides is 3. The molecule has 1 aromatic rings. The quantitative estimate of drug-likeness (QED) is 0.627. The van der Waals surface area contributed by atoms with Crippen LogP contribution in [0.3, 0.4) is 0 Å². The molecule has 4 nitrogen and oxygen atoms in total. The SMILES string of the molecule is CC[C@@H]1CN(C)CC[C@@H]1CCC(=O)C(C)(C)COc1ncccc1C(F)(F)F. The van der Waals surface area contributed by atoms with Gasteiger partial charge < -0.3 is 9.64 Å². The zero-order valence-electron chi connectivity index (χ0n) is 17.2. The predicted octanol–water partition coefficient (Wildman–Crippen LogP) is 4.83. The van der Waals surface area contributed by atoms with Gasteiger partial charge in [-0.25, -0.2) is 4.98 Å². The summed E-state index contributed by atoms with van der Waals surface area (Å²) >= 11 is 0. The molecule has 1 aliphatic rings. The topological polar surface area (TPSA) is 42.4 Å². The van der Waals surface area contributed by atoms with Crippen LogP contribution in [0.15, 0.2) is 18.3 Å². The number of nitrogens with zero attached hydrogens (tertiary/aromatic N) is 2. The normalized spacial score (nSPS) is 21.5. The van der Waals surface area contributed by atoms with E-state index in [4.69, 9.17) is 4.74 Å². The summed E-state index contributed by atoms with van der Waals surface area (Å²) in [7, 11) is 2.12. The number of likely N-dealkylation sites (tertiary alicyclic amines) is 1. The second kappa shape index (κ2) is 9.25. The van der Waals surface area contributed by atoms with Crippen molar-refractivity contribution in [2.24, 2.45) is 17.3 Å². The van der Waals surface area contributed by atoms with E-state index in [0.717, 1.165) is 38.4 Å².